The molecule has 0 atom stereocenters. The van der Waals surface area contributed by atoms with E-state index in [0.29, 0.717) is 15.1 Å². The summed E-state index contributed by atoms with van der Waals surface area (Å²) in [5.41, 5.74) is 0.346. The quantitative estimate of drug-likeness (QED) is 0.860. The van der Waals surface area contributed by atoms with Crippen LogP contribution in [0.1, 0.15) is 10.4 Å². The fraction of sp³-hybridized carbons (Fsp3) is 0.222. The van der Waals surface area contributed by atoms with Crippen molar-refractivity contribution in [3.8, 4) is 0 Å². The van der Waals surface area contributed by atoms with E-state index in [9.17, 15) is 13.2 Å². The van der Waals surface area contributed by atoms with E-state index in [-0.39, 0.29) is 12.3 Å². The lowest BCUT2D eigenvalue weighted by Crippen LogP contribution is -2.31. The van der Waals surface area contributed by atoms with Gasteiger partial charge < -0.3 is 5.32 Å². The molecular weight excluding hydrogens is 332 g/mol. The van der Waals surface area contributed by atoms with Crippen LogP contribution in [-0.2, 0) is 10.0 Å². The summed E-state index contributed by atoms with van der Waals surface area (Å²) in [7, 11) is -3.57. The first-order valence-corrected chi connectivity index (χ1v) is 7.41. The molecule has 1 aromatic rings. The average Bonchev–Trinajstić information content (AvgIpc) is 2.13. The van der Waals surface area contributed by atoms with Gasteiger partial charge in [-0.25, -0.2) is 13.6 Å². The first-order valence-electron chi connectivity index (χ1n) is 4.53. The molecule has 0 heterocycles. The van der Waals surface area contributed by atoms with Gasteiger partial charge in [0.1, 0.15) is 0 Å². The Labute approximate surface area is 113 Å². The molecule has 0 aliphatic rings. The summed E-state index contributed by atoms with van der Waals surface area (Å²) in [6.45, 7) is -0.0399. The normalized spacial score (nSPS) is 11.2. The molecule has 1 rings (SSSR count). The van der Waals surface area contributed by atoms with Crippen LogP contribution >= 0.6 is 27.5 Å². The molecule has 0 unspecified atom stereocenters. The Morgan fingerprint density at radius 1 is 1.41 bits per heavy atom. The molecule has 0 saturated heterocycles. The summed E-state index contributed by atoms with van der Waals surface area (Å²) < 4.78 is 22.0. The molecule has 0 fully saturated rings. The molecule has 0 aliphatic heterocycles. The maximum absolute atomic E-state index is 11.6. The highest BCUT2D eigenvalue weighted by Gasteiger charge is 2.09. The molecule has 0 bridgehead atoms. The number of amides is 1. The maximum atomic E-state index is 11.6. The smallest absolute Gasteiger partial charge is 0.251 e. The zero-order chi connectivity index (χ0) is 13.1. The van der Waals surface area contributed by atoms with Gasteiger partial charge in [0.2, 0.25) is 10.0 Å². The van der Waals surface area contributed by atoms with Crippen molar-refractivity contribution in [2.24, 2.45) is 5.14 Å². The largest absolute Gasteiger partial charge is 0.351 e. The van der Waals surface area contributed by atoms with E-state index in [1.54, 1.807) is 12.1 Å². The van der Waals surface area contributed by atoms with Crippen LogP contribution in [0.5, 0.6) is 0 Å². The van der Waals surface area contributed by atoms with Gasteiger partial charge in [0, 0.05) is 21.6 Å². The van der Waals surface area contributed by atoms with E-state index < -0.39 is 15.9 Å². The van der Waals surface area contributed by atoms with E-state index in [1.807, 2.05) is 0 Å². The average molecular weight is 342 g/mol. The number of benzene rings is 1. The minimum absolute atomic E-state index is 0.0399. The minimum atomic E-state index is -3.57. The van der Waals surface area contributed by atoms with Crippen LogP contribution in [-0.4, -0.2) is 26.6 Å². The standard InChI is InChI=1S/C9H10BrClN2O3S/c10-7-3-6(4-8(11)5-7)9(14)13-1-2-17(12,15)16/h3-5H,1-2H2,(H,13,14)(H2,12,15,16). The third-order valence-corrected chi connectivity index (χ3v) is 3.25. The number of carbonyl (C=O) groups is 1. The van der Waals surface area contributed by atoms with Crippen LogP contribution < -0.4 is 10.5 Å². The van der Waals surface area contributed by atoms with Crippen molar-refractivity contribution in [2.75, 3.05) is 12.3 Å². The second kappa shape index (κ2) is 5.81. The van der Waals surface area contributed by atoms with Crippen LogP contribution in [0.15, 0.2) is 22.7 Å². The highest BCUT2D eigenvalue weighted by Crippen LogP contribution is 2.19. The number of halogens is 2. The van der Waals surface area contributed by atoms with Gasteiger partial charge in [0.25, 0.3) is 5.91 Å². The molecule has 17 heavy (non-hydrogen) atoms. The molecular formula is C9H10BrClN2O3S. The number of hydrogen-bond donors (Lipinski definition) is 2. The minimum Gasteiger partial charge on any atom is -0.351 e. The van der Waals surface area contributed by atoms with Crippen LogP contribution in [0.25, 0.3) is 0 Å². The Morgan fingerprint density at radius 2 is 2.06 bits per heavy atom. The van der Waals surface area contributed by atoms with Crippen molar-refractivity contribution in [1.29, 1.82) is 0 Å². The lowest BCUT2D eigenvalue weighted by molar-refractivity contribution is 0.0956. The van der Waals surface area contributed by atoms with Crippen LogP contribution in [0, 0.1) is 0 Å². The topological polar surface area (TPSA) is 89.3 Å². The maximum Gasteiger partial charge on any atom is 0.251 e. The lowest BCUT2D eigenvalue weighted by atomic mass is 10.2. The second-order valence-electron chi connectivity index (χ2n) is 3.28. The Kier molecular flexibility index (Phi) is 4.93. The number of primary sulfonamides is 1. The molecule has 0 aromatic heterocycles. The number of hydrogen-bond acceptors (Lipinski definition) is 3. The summed E-state index contributed by atoms with van der Waals surface area (Å²) in [6.07, 6.45) is 0. The van der Waals surface area contributed by atoms with Crippen molar-refractivity contribution in [3.05, 3.63) is 33.3 Å². The van der Waals surface area contributed by atoms with E-state index in [4.69, 9.17) is 16.7 Å². The van der Waals surface area contributed by atoms with E-state index in [0.717, 1.165) is 0 Å². The first kappa shape index (κ1) is 14.4. The van der Waals surface area contributed by atoms with Crippen molar-refractivity contribution in [2.45, 2.75) is 0 Å². The molecule has 94 valence electrons. The van der Waals surface area contributed by atoms with E-state index in [1.165, 1.54) is 6.07 Å². The summed E-state index contributed by atoms with van der Waals surface area (Å²) in [5.74, 6) is -0.711. The monoisotopic (exact) mass is 340 g/mol. The van der Waals surface area contributed by atoms with E-state index in [2.05, 4.69) is 21.2 Å². The van der Waals surface area contributed by atoms with Gasteiger partial charge in [0.05, 0.1) is 5.75 Å². The fourth-order valence-corrected chi connectivity index (χ4v) is 2.34. The third kappa shape index (κ3) is 5.49. The second-order valence-corrected chi connectivity index (χ2v) is 6.37. The van der Waals surface area contributed by atoms with Gasteiger partial charge in [0.15, 0.2) is 0 Å². The predicted octanol–water partition coefficient (Wildman–Crippen LogP) is 1.12. The van der Waals surface area contributed by atoms with Crippen LogP contribution in [0.3, 0.4) is 0 Å². The predicted molar refractivity (Wildman–Crippen MR) is 69.5 cm³/mol. The number of nitrogens with two attached hydrogens (primary N) is 1. The Hall–Kier alpha value is -0.630. The molecule has 5 nitrogen and oxygen atoms in total. The van der Waals surface area contributed by atoms with Gasteiger partial charge in [-0.3, -0.25) is 4.79 Å². The van der Waals surface area contributed by atoms with Crippen LogP contribution in [0.2, 0.25) is 5.02 Å². The van der Waals surface area contributed by atoms with Gasteiger partial charge in [-0.15, -0.1) is 0 Å². The zero-order valence-corrected chi connectivity index (χ0v) is 11.8. The van der Waals surface area contributed by atoms with Crippen molar-refractivity contribution < 1.29 is 13.2 Å². The van der Waals surface area contributed by atoms with E-state index >= 15 is 0 Å². The van der Waals surface area contributed by atoms with Gasteiger partial charge in [-0.1, -0.05) is 27.5 Å². The Morgan fingerprint density at radius 3 is 2.59 bits per heavy atom. The molecule has 0 radical (unpaired) electrons. The lowest BCUT2D eigenvalue weighted by Gasteiger charge is -2.05. The molecule has 0 spiro atoms. The number of nitrogens with one attached hydrogen (secondary N) is 1. The van der Waals surface area contributed by atoms with Crippen molar-refractivity contribution >= 4 is 43.5 Å². The highest BCUT2D eigenvalue weighted by molar-refractivity contribution is 9.10. The Bertz CT molecular complexity index is 513. The summed E-state index contributed by atoms with van der Waals surface area (Å²) >= 11 is 8.98. The third-order valence-electron chi connectivity index (χ3n) is 1.80. The molecule has 0 aliphatic carbocycles. The summed E-state index contributed by atoms with van der Waals surface area (Å²) in [5, 5.41) is 7.65. The molecule has 3 N–H and O–H groups in total. The van der Waals surface area contributed by atoms with Crippen LogP contribution in [0.4, 0.5) is 0 Å². The highest BCUT2D eigenvalue weighted by atomic mass is 79.9. The zero-order valence-electron chi connectivity index (χ0n) is 8.61. The molecule has 8 heteroatoms. The van der Waals surface area contributed by atoms with Crippen molar-refractivity contribution in [3.63, 3.8) is 0 Å². The first-order chi connectivity index (χ1) is 7.78. The summed E-state index contributed by atoms with van der Waals surface area (Å²) in [4.78, 5) is 11.6. The summed E-state index contributed by atoms with van der Waals surface area (Å²) in [6, 6.07) is 4.71. The molecule has 1 amide bonds. The number of carbonyl (C=O) groups excluding carboxylic acids is 1. The molecule has 0 saturated carbocycles. The Balaban J connectivity index is 2.64. The fourth-order valence-electron chi connectivity index (χ4n) is 1.09. The number of sulfonamides is 1. The van der Waals surface area contributed by atoms with Gasteiger partial charge in [-0.05, 0) is 18.2 Å². The van der Waals surface area contributed by atoms with Gasteiger partial charge >= 0.3 is 0 Å². The SMILES string of the molecule is NS(=O)(=O)CCNC(=O)c1cc(Cl)cc(Br)c1. The molecule has 1 aromatic carbocycles. The van der Waals surface area contributed by atoms with Crippen molar-refractivity contribution in [1.82, 2.24) is 5.32 Å². The van der Waals surface area contributed by atoms with Gasteiger partial charge in [-0.2, -0.15) is 0 Å². The number of rotatable bonds is 4.